The summed E-state index contributed by atoms with van der Waals surface area (Å²) in [6.45, 7) is 6.89. The molecule has 4 rings (SSSR count). The number of piperidine rings is 1. The van der Waals surface area contributed by atoms with Crippen molar-refractivity contribution >= 4 is 16.9 Å². The van der Waals surface area contributed by atoms with Crippen molar-refractivity contribution in [2.24, 2.45) is 5.73 Å². The topological polar surface area (TPSA) is 86.3 Å². The zero-order chi connectivity index (χ0) is 20.4. The molecule has 1 aliphatic rings. The summed E-state index contributed by atoms with van der Waals surface area (Å²) >= 11 is 0. The highest BCUT2D eigenvalue weighted by Crippen LogP contribution is 2.32. The van der Waals surface area contributed by atoms with Gasteiger partial charge in [-0.2, -0.15) is 0 Å². The number of rotatable bonds is 6. The lowest BCUT2D eigenvalue weighted by Crippen LogP contribution is -2.42. The van der Waals surface area contributed by atoms with Crippen molar-refractivity contribution in [1.82, 2.24) is 19.4 Å². The largest absolute Gasteiger partial charge is 0.474 e. The molecule has 3 aromatic rings. The van der Waals surface area contributed by atoms with E-state index in [1.54, 1.807) is 6.33 Å². The van der Waals surface area contributed by atoms with Crippen molar-refractivity contribution in [2.45, 2.75) is 39.3 Å². The van der Waals surface area contributed by atoms with Gasteiger partial charge < -0.3 is 15.0 Å². The number of carbonyl (C=O) groups excluding carboxylic acids is 1. The van der Waals surface area contributed by atoms with Gasteiger partial charge in [-0.3, -0.25) is 9.69 Å². The summed E-state index contributed by atoms with van der Waals surface area (Å²) in [6, 6.07) is 10.4. The molecule has 1 amide bonds. The van der Waals surface area contributed by atoms with Gasteiger partial charge in [0.25, 0.3) is 0 Å². The van der Waals surface area contributed by atoms with Crippen LogP contribution in [0.1, 0.15) is 29.7 Å². The molecule has 3 heterocycles. The second-order valence-corrected chi connectivity index (χ2v) is 7.72. The molecule has 1 fully saturated rings. The Bertz CT molecular complexity index is 1010. The Labute approximate surface area is 170 Å². The van der Waals surface area contributed by atoms with E-state index >= 15 is 0 Å². The number of nitrogens with zero attached hydrogens (tertiary/aromatic N) is 4. The molecular weight excluding hydrogens is 366 g/mol. The van der Waals surface area contributed by atoms with Gasteiger partial charge in [0.05, 0.1) is 11.9 Å². The molecule has 0 bridgehead atoms. The van der Waals surface area contributed by atoms with Crippen LogP contribution in [0.3, 0.4) is 0 Å². The maximum Gasteiger partial charge on any atom is 0.231 e. The molecule has 2 N–H and O–H groups in total. The van der Waals surface area contributed by atoms with Crippen molar-refractivity contribution in [3.8, 4) is 5.88 Å². The molecule has 1 saturated heterocycles. The van der Waals surface area contributed by atoms with Crippen LogP contribution in [-0.2, 0) is 11.3 Å². The number of likely N-dealkylation sites (tertiary alicyclic amines) is 1. The quantitative estimate of drug-likeness (QED) is 0.695. The zero-order valence-corrected chi connectivity index (χ0v) is 17.0. The van der Waals surface area contributed by atoms with E-state index in [9.17, 15) is 4.79 Å². The van der Waals surface area contributed by atoms with Gasteiger partial charge in [0.1, 0.15) is 18.1 Å². The Morgan fingerprint density at radius 2 is 1.90 bits per heavy atom. The first-order valence-corrected chi connectivity index (χ1v) is 10.0. The Hall–Kier alpha value is -2.93. The standard InChI is InChI=1S/C22H27N5O2/c1-15-16(2)27(12-17-6-4-3-5-7-17)21-20(15)22(25-14-24-21)29-18-8-10-26(11-9-18)13-19(23)28/h3-7,14,18H,8-13H2,1-2H3,(H2,23,28). The number of hydrogen-bond acceptors (Lipinski definition) is 5. The van der Waals surface area contributed by atoms with Crippen LogP contribution in [0, 0.1) is 13.8 Å². The average molecular weight is 393 g/mol. The Morgan fingerprint density at radius 1 is 1.17 bits per heavy atom. The third kappa shape index (κ3) is 4.10. The number of hydrogen-bond donors (Lipinski definition) is 1. The molecular formula is C22H27N5O2. The van der Waals surface area contributed by atoms with Crippen molar-refractivity contribution in [3.63, 3.8) is 0 Å². The van der Waals surface area contributed by atoms with Gasteiger partial charge in [0.15, 0.2) is 0 Å². The Morgan fingerprint density at radius 3 is 2.59 bits per heavy atom. The molecule has 7 nitrogen and oxygen atoms in total. The molecule has 0 saturated carbocycles. The molecule has 1 aliphatic heterocycles. The SMILES string of the molecule is Cc1c(C)n(Cc2ccccc2)c2ncnc(OC3CCN(CC(N)=O)CC3)c12. The second-order valence-electron chi connectivity index (χ2n) is 7.72. The first kappa shape index (κ1) is 19.4. The first-order chi connectivity index (χ1) is 14.0. The lowest BCUT2D eigenvalue weighted by Gasteiger charge is -2.31. The van der Waals surface area contributed by atoms with Crippen molar-refractivity contribution in [3.05, 3.63) is 53.5 Å². The second kappa shape index (κ2) is 8.21. The van der Waals surface area contributed by atoms with Gasteiger partial charge in [-0.25, -0.2) is 9.97 Å². The Kier molecular flexibility index (Phi) is 5.49. The molecule has 1 aromatic carbocycles. The number of primary amides is 1. The fourth-order valence-electron chi connectivity index (χ4n) is 4.05. The van der Waals surface area contributed by atoms with E-state index in [2.05, 4.69) is 57.5 Å². The molecule has 0 atom stereocenters. The maximum atomic E-state index is 11.1. The molecule has 0 unspecified atom stereocenters. The third-order valence-corrected chi connectivity index (χ3v) is 5.75. The van der Waals surface area contributed by atoms with Crippen molar-refractivity contribution < 1.29 is 9.53 Å². The van der Waals surface area contributed by atoms with Crippen LogP contribution in [-0.4, -0.2) is 51.1 Å². The van der Waals surface area contributed by atoms with Gasteiger partial charge >= 0.3 is 0 Å². The van der Waals surface area contributed by atoms with Crippen LogP contribution >= 0.6 is 0 Å². The van der Waals surface area contributed by atoms with Gasteiger partial charge in [0.2, 0.25) is 11.8 Å². The number of aromatic nitrogens is 3. The van der Waals surface area contributed by atoms with Crippen molar-refractivity contribution in [2.75, 3.05) is 19.6 Å². The highest BCUT2D eigenvalue weighted by Gasteiger charge is 2.24. The minimum absolute atomic E-state index is 0.0782. The van der Waals surface area contributed by atoms with Crippen LogP contribution in [0.25, 0.3) is 11.0 Å². The summed E-state index contributed by atoms with van der Waals surface area (Å²) in [7, 11) is 0. The number of ether oxygens (including phenoxy) is 1. The Balaban J connectivity index is 1.57. The number of nitrogens with two attached hydrogens (primary N) is 1. The van der Waals surface area contributed by atoms with Gasteiger partial charge in [0, 0.05) is 25.3 Å². The van der Waals surface area contributed by atoms with Crippen molar-refractivity contribution in [1.29, 1.82) is 0 Å². The highest BCUT2D eigenvalue weighted by molar-refractivity contribution is 5.86. The lowest BCUT2D eigenvalue weighted by atomic mass is 10.1. The number of amides is 1. The van der Waals surface area contributed by atoms with E-state index in [1.165, 1.54) is 11.3 Å². The minimum atomic E-state index is -0.285. The van der Waals surface area contributed by atoms with Crippen LogP contribution in [0.4, 0.5) is 0 Å². The minimum Gasteiger partial charge on any atom is -0.474 e. The third-order valence-electron chi connectivity index (χ3n) is 5.75. The summed E-state index contributed by atoms with van der Waals surface area (Å²) in [6.07, 6.45) is 3.36. The zero-order valence-electron chi connectivity index (χ0n) is 17.0. The fraction of sp³-hybridized carbons (Fsp3) is 0.409. The number of benzene rings is 1. The van der Waals surface area contributed by atoms with E-state index in [-0.39, 0.29) is 12.0 Å². The highest BCUT2D eigenvalue weighted by atomic mass is 16.5. The summed E-state index contributed by atoms with van der Waals surface area (Å²) in [5.41, 5.74) is 9.76. The maximum absolute atomic E-state index is 11.1. The van der Waals surface area contributed by atoms with Gasteiger partial charge in [-0.05, 0) is 37.8 Å². The molecule has 152 valence electrons. The molecule has 0 aliphatic carbocycles. The first-order valence-electron chi connectivity index (χ1n) is 10.0. The lowest BCUT2D eigenvalue weighted by molar-refractivity contribution is -0.119. The van der Waals surface area contributed by atoms with Crippen LogP contribution in [0.15, 0.2) is 36.7 Å². The number of carbonyl (C=O) groups is 1. The predicted octanol–water partition coefficient (Wildman–Crippen LogP) is 2.42. The van der Waals surface area contributed by atoms with E-state index in [0.29, 0.717) is 12.4 Å². The van der Waals surface area contributed by atoms with E-state index in [0.717, 1.165) is 49.1 Å². The average Bonchev–Trinajstić information content (AvgIpc) is 2.96. The normalized spacial score (nSPS) is 15.7. The van der Waals surface area contributed by atoms with E-state index < -0.39 is 0 Å². The van der Waals surface area contributed by atoms with Gasteiger partial charge in [-0.15, -0.1) is 0 Å². The smallest absolute Gasteiger partial charge is 0.231 e. The van der Waals surface area contributed by atoms with Gasteiger partial charge in [-0.1, -0.05) is 30.3 Å². The molecule has 29 heavy (non-hydrogen) atoms. The monoisotopic (exact) mass is 393 g/mol. The number of fused-ring (bicyclic) bond motifs is 1. The van der Waals surface area contributed by atoms with E-state index in [4.69, 9.17) is 10.5 Å². The van der Waals surface area contributed by atoms with Crippen LogP contribution in [0.5, 0.6) is 5.88 Å². The summed E-state index contributed by atoms with van der Waals surface area (Å²) in [5.74, 6) is 0.364. The fourth-order valence-corrected chi connectivity index (χ4v) is 4.05. The van der Waals surface area contributed by atoms with Crippen LogP contribution in [0.2, 0.25) is 0 Å². The molecule has 7 heteroatoms. The number of aryl methyl sites for hydroxylation is 1. The molecule has 2 aromatic heterocycles. The summed E-state index contributed by atoms with van der Waals surface area (Å²) in [4.78, 5) is 22.2. The summed E-state index contributed by atoms with van der Waals surface area (Å²) in [5, 5.41) is 0.987. The van der Waals surface area contributed by atoms with E-state index in [1.807, 2.05) is 6.07 Å². The van der Waals surface area contributed by atoms with Crippen LogP contribution < -0.4 is 10.5 Å². The molecule has 0 radical (unpaired) electrons. The predicted molar refractivity (Wildman–Crippen MR) is 112 cm³/mol. The molecule has 0 spiro atoms. The summed E-state index contributed by atoms with van der Waals surface area (Å²) < 4.78 is 8.54.